The molecule has 28 heavy (non-hydrogen) atoms. The predicted octanol–water partition coefficient (Wildman–Crippen LogP) is 2.67. The Labute approximate surface area is 164 Å². The van der Waals surface area contributed by atoms with Crippen molar-refractivity contribution >= 4 is 11.8 Å². The number of carbonyl (C=O) groups excluding carboxylic acids is 2. The highest BCUT2D eigenvalue weighted by atomic mass is 16.5. The van der Waals surface area contributed by atoms with E-state index in [0.29, 0.717) is 50.2 Å². The molecule has 144 valence electrons. The number of nitrogens with zero attached hydrogens (tertiary/aromatic N) is 2. The van der Waals surface area contributed by atoms with Crippen molar-refractivity contribution in [2.45, 2.75) is 18.9 Å². The average molecular weight is 377 g/mol. The van der Waals surface area contributed by atoms with E-state index in [9.17, 15) is 9.59 Å². The van der Waals surface area contributed by atoms with Crippen LogP contribution >= 0.6 is 0 Å². The van der Waals surface area contributed by atoms with E-state index in [2.05, 4.69) is 5.32 Å². The standard InChI is InChI=1S/C22H23N3O3/c23-15-17-8-10-19(11-9-17)22(27)24-12-4-7-21(26)25-13-14-28-20(16-25)18-5-2-1-3-6-18/h1-3,5-6,8-11,20H,4,7,12-14,16H2,(H,24,27). The summed E-state index contributed by atoms with van der Waals surface area (Å²) >= 11 is 0. The second kappa shape index (κ2) is 9.67. The fraction of sp³-hybridized carbons (Fsp3) is 0.318. The lowest BCUT2D eigenvalue weighted by atomic mass is 10.1. The number of benzene rings is 2. The van der Waals surface area contributed by atoms with Gasteiger partial charge in [-0.2, -0.15) is 5.26 Å². The van der Waals surface area contributed by atoms with Crippen molar-refractivity contribution in [3.63, 3.8) is 0 Å². The van der Waals surface area contributed by atoms with Gasteiger partial charge in [-0.05, 0) is 36.2 Å². The van der Waals surface area contributed by atoms with Crippen LogP contribution < -0.4 is 5.32 Å². The first-order chi connectivity index (χ1) is 13.7. The van der Waals surface area contributed by atoms with Crippen molar-refractivity contribution in [3.8, 4) is 6.07 Å². The average Bonchev–Trinajstić information content (AvgIpc) is 2.77. The zero-order chi connectivity index (χ0) is 19.8. The second-order valence-electron chi connectivity index (χ2n) is 6.66. The van der Waals surface area contributed by atoms with Gasteiger partial charge in [0.2, 0.25) is 5.91 Å². The fourth-order valence-corrected chi connectivity index (χ4v) is 3.14. The Bertz CT molecular complexity index is 844. The number of carbonyl (C=O) groups is 2. The molecule has 2 aromatic carbocycles. The van der Waals surface area contributed by atoms with Crippen LogP contribution in [0.4, 0.5) is 0 Å². The molecule has 2 amide bonds. The Balaban J connectivity index is 1.41. The van der Waals surface area contributed by atoms with Gasteiger partial charge in [-0.25, -0.2) is 0 Å². The summed E-state index contributed by atoms with van der Waals surface area (Å²) < 4.78 is 5.80. The molecule has 0 saturated carbocycles. The number of rotatable bonds is 6. The number of hydrogen-bond donors (Lipinski definition) is 1. The Morgan fingerprint density at radius 1 is 1.14 bits per heavy atom. The summed E-state index contributed by atoms with van der Waals surface area (Å²) in [6.45, 7) is 2.11. The van der Waals surface area contributed by atoms with Gasteiger partial charge in [-0.1, -0.05) is 30.3 Å². The molecule has 1 fully saturated rings. The topological polar surface area (TPSA) is 82.4 Å². The van der Waals surface area contributed by atoms with E-state index in [1.165, 1.54) is 0 Å². The molecule has 6 nitrogen and oxygen atoms in total. The van der Waals surface area contributed by atoms with Crippen LogP contribution in [0.3, 0.4) is 0 Å². The quantitative estimate of drug-likeness (QED) is 0.785. The zero-order valence-electron chi connectivity index (χ0n) is 15.6. The van der Waals surface area contributed by atoms with Gasteiger partial charge < -0.3 is 15.0 Å². The maximum Gasteiger partial charge on any atom is 0.251 e. The number of amides is 2. The van der Waals surface area contributed by atoms with Crippen LogP contribution in [0.2, 0.25) is 0 Å². The minimum atomic E-state index is -0.201. The first kappa shape index (κ1) is 19.6. The van der Waals surface area contributed by atoms with Crippen LogP contribution in [0.25, 0.3) is 0 Å². The maximum absolute atomic E-state index is 12.5. The van der Waals surface area contributed by atoms with Crippen LogP contribution in [0.1, 0.15) is 40.4 Å². The molecular weight excluding hydrogens is 354 g/mol. The van der Waals surface area contributed by atoms with Crippen LogP contribution in [-0.4, -0.2) is 43.0 Å². The van der Waals surface area contributed by atoms with E-state index < -0.39 is 0 Å². The summed E-state index contributed by atoms with van der Waals surface area (Å²) in [6, 6.07) is 18.4. The molecule has 1 aliphatic heterocycles. The van der Waals surface area contributed by atoms with Crippen molar-refractivity contribution in [1.82, 2.24) is 10.2 Å². The molecule has 0 aromatic heterocycles. The zero-order valence-corrected chi connectivity index (χ0v) is 15.6. The van der Waals surface area contributed by atoms with Crippen LogP contribution in [-0.2, 0) is 9.53 Å². The van der Waals surface area contributed by atoms with Crippen molar-refractivity contribution in [2.75, 3.05) is 26.2 Å². The first-order valence-corrected chi connectivity index (χ1v) is 9.40. The summed E-state index contributed by atoms with van der Waals surface area (Å²) in [7, 11) is 0. The summed E-state index contributed by atoms with van der Waals surface area (Å²) in [6.07, 6.45) is 0.874. The molecule has 1 heterocycles. The first-order valence-electron chi connectivity index (χ1n) is 9.40. The molecule has 1 unspecified atom stereocenters. The van der Waals surface area contributed by atoms with Crippen LogP contribution in [0, 0.1) is 11.3 Å². The lowest BCUT2D eigenvalue weighted by molar-refractivity contribution is -0.139. The van der Waals surface area contributed by atoms with Crippen LogP contribution in [0.15, 0.2) is 54.6 Å². The normalized spacial score (nSPS) is 16.2. The summed E-state index contributed by atoms with van der Waals surface area (Å²) in [5.41, 5.74) is 2.10. The largest absolute Gasteiger partial charge is 0.370 e. The molecule has 1 saturated heterocycles. The molecule has 0 spiro atoms. The molecule has 0 bridgehead atoms. The molecule has 2 aromatic rings. The number of ether oxygens (including phenoxy) is 1. The highest BCUT2D eigenvalue weighted by Gasteiger charge is 2.24. The smallest absolute Gasteiger partial charge is 0.251 e. The summed E-state index contributed by atoms with van der Waals surface area (Å²) in [5.74, 6) is -0.121. The molecule has 1 N–H and O–H groups in total. The van der Waals surface area contributed by atoms with E-state index in [1.54, 1.807) is 24.3 Å². The van der Waals surface area contributed by atoms with Gasteiger partial charge in [0.15, 0.2) is 0 Å². The minimum Gasteiger partial charge on any atom is -0.370 e. The summed E-state index contributed by atoms with van der Waals surface area (Å²) in [5, 5.41) is 11.6. The van der Waals surface area contributed by atoms with Gasteiger partial charge in [0.25, 0.3) is 5.91 Å². The van der Waals surface area contributed by atoms with E-state index >= 15 is 0 Å². The van der Waals surface area contributed by atoms with Gasteiger partial charge in [0.05, 0.1) is 24.8 Å². The highest BCUT2D eigenvalue weighted by molar-refractivity contribution is 5.94. The van der Waals surface area contributed by atoms with Gasteiger partial charge in [-0.3, -0.25) is 9.59 Å². The SMILES string of the molecule is N#Cc1ccc(C(=O)NCCCC(=O)N2CCOC(c3ccccc3)C2)cc1. The van der Waals surface area contributed by atoms with Crippen molar-refractivity contribution in [2.24, 2.45) is 0 Å². The van der Waals surface area contributed by atoms with E-state index in [-0.39, 0.29) is 17.9 Å². The third kappa shape index (κ3) is 5.18. The third-order valence-corrected chi connectivity index (χ3v) is 4.72. The molecule has 1 aliphatic rings. The molecule has 1 atom stereocenters. The molecular formula is C22H23N3O3. The lowest BCUT2D eigenvalue weighted by Crippen LogP contribution is -2.42. The summed E-state index contributed by atoms with van der Waals surface area (Å²) in [4.78, 5) is 26.4. The van der Waals surface area contributed by atoms with E-state index in [0.717, 1.165) is 5.56 Å². The van der Waals surface area contributed by atoms with E-state index in [4.69, 9.17) is 10.00 Å². The Hall–Kier alpha value is -3.17. The molecule has 6 heteroatoms. The van der Waals surface area contributed by atoms with Gasteiger partial charge in [0.1, 0.15) is 6.10 Å². The Kier molecular flexibility index (Phi) is 6.77. The monoisotopic (exact) mass is 377 g/mol. The number of nitriles is 1. The highest BCUT2D eigenvalue weighted by Crippen LogP contribution is 2.22. The van der Waals surface area contributed by atoms with Crippen LogP contribution in [0.5, 0.6) is 0 Å². The van der Waals surface area contributed by atoms with E-state index in [1.807, 2.05) is 41.3 Å². The van der Waals surface area contributed by atoms with Crippen molar-refractivity contribution < 1.29 is 14.3 Å². The molecule has 0 radical (unpaired) electrons. The number of hydrogen-bond acceptors (Lipinski definition) is 4. The number of nitrogens with one attached hydrogen (secondary N) is 1. The van der Waals surface area contributed by atoms with Gasteiger partial charge in [0, 0.05) is 25.1 Å². The Morgan fingerprint density at radius 2 is 1.89 bits per heavy atom. The van der Waals surface area contributed by atoms with Gasteiger partial charge >= 0.3 is 0 Å². The molecule has 3 rings (SSSR count). The lowest BCUT2D eigenvalue weighted by Gasteiger charge is -2.33. The Morgan fingerprint density at radius 3 is 2.61 bits per heavy atom. The third-order valence-electron chi connectivity index (χ3n) is 4.72. The predicted molar refractivity (Wildman–Crippen MR) is 104 cm³/mol. The van der Waals surface area contributed by atoms with Gasteiger partial charge in [-0.15, -0.1) is 0 Å². The molecule has 0 aliphatic carbocycles. The van der Waals surface area contributed by atoms with Crippen molar-refractivity contribution in [3.05, 3.63) is 71.3 Å². The second-order valence-corrected chi connectivity index (χ2v) is 6.66. The fourth-order valence-electron chi connectivity index (χ4n) is 3.14. The maximum atomic E-state index is 12.5. The van der Waals surface area contributed by atoms with Crippen molar-refractivity contribution in [1.29, 1.82) is 5.26 Å². The minimum absolute atomic E-state index is 0.0804. The number of morpholine rings is 1.